The molecule has 23 heavy (non-hydrogen) atoms. The molecular weight excluding hydrogens is 292 g/mol. The second kappa shape index (κ2) is 6.68. The quantitative estimate of drug-likeness (QED) is 0.907. The fraction of sp³-hybridized carbons (Fsp3) is 0.529. The van der Waals surface area contributed by atoms with E-state index in [2.05, 4.69) is 24.3 Å². The maximum Gasteiger partial charge on any atom is 0.241 e. The average molecular weight is 316 g/mol. The van der Waals surface area contributed by atoms with Crippen molar-refractivity contribution in [3.8, 4) is 0 Å². The Kier molecular flexibility index (Phi) is 4.63. The predicted octanol–water partition coefficient (Wildman–Crippen LogP) is 2.31. The van der Waals surface area contributed by atoms with Crippen molar-refractivity contribution in [1.82, 2.24) is 9.78 Å². The SMILES string of the molecule is CC(C)n1ncc2ccc(NC(=O)C(N)C3CCOCC3)cc21. The summed E-state index contributed by atoms with van der Waals surface area (Å²) in [7, 11) is 0. The van der Waals surface area contributed by atoms with Crippen LogP contribution < -0.4 is 11.1 Å². The molecule has 0 saturated carbocycles. The van der Waals surface area contributed by atoms with Gasteiger partial charge in [-0.25, -0.2) is 0 Å². The van der Waals surface area contributed by atoms with Crippen molar-refractivity contribution in [3.63, 3.8) is 0 Å². The van der Waals surface area contributed by atoms with E-state index in [9.17, 15) is 4.79 Å². The average Bonchev–Trinajstić information content (AvgIpc) is 2.98. The molecule has 1 atom stereocenters. The van der Waals surface area contributed by atoms with E-state index in [4.69, 9.17) is 10.5 Å². The van der Waals surface area contributed by atoms with Gasteiger partial charge in [-0.2, -0.15) is 5.10 Å². The molecule has 124 valence electrons. The highest BCUT2D eigenvalue weighted by Gasteiger charge is 2.26. The van der Waals surface area contributed by atoms with E-state index in [-0.39, 0.29) is 17.9 Å². The van der Waals surface area contributed by atoms with Crippen LogP contribution >= 0.6 is 0 Å². The zero-order valence-electron chi connectivity index (χ0n) is 13.7. The van der Waals surface area contributed by atoms with Crippen molar-refractivity contribution in [1.29, 1.82) is 0 Å². The zero-order chi connectivity index (χ0) is 16.4. The highest BCUT2D eigenvalue weighted by Crippen LogP contribution is 2.23. The Morgan fingerprint density at radius 1 is 1.39 bits per heavy atom. The molecule has 1 unspecified atom stereocenters. The van der Waals surface area contributed by atoms with Crippen molar-refractivity contribution in [2.45, 2.75) is 38.8 Å². The number of nitrogens with one attached hydrogen (secondary N) is 1. The maximum absolute atomic E-state index is 12.4. The maximum atomic E-state index is 12.4. The molecule has 1 saturated heterocycles. The molecule has 0 radical (unpaired) electrons. The topological polar surface area (TPSA) is 82.2 Å². The minimum Gasteiger partial charge on any atom is -0.381 e. The molecule has 2 heterocycles. The van der Waals surface area contributed by atoms with Crippen LogP contribution in [-0.4, -0.2) is 34.9 Å². The zero-order valence-corrected chi connectivity index (χ0v) is 13.7. The Morgan fingerprint density at radius 3 is 2.83 bits per heavy atom. The van der Waals surface area contributed by atoms with Crippen LogP contribution in [0.4, 0.5) is 5.69 Å². The van der Waals surface area contributed by atoms with Gasteiger partial charge in [0, 0.05) is 30.3 Å². The molecule has 1 aromatic carbocycles. The number of amides is 1. The lowest BCUT2D eigenvalue weighted by Crippen LogP contribution is -2.44. The number of benzene rings is 1. The molecule has 6 nitrogen and oxygen atoms in total. The van der Waals surface area contributed by atoms with Gasteiger partial charge in [0.05, 0.1) is 17.8 Å². The fourth-order valence-electron chi connectivity index (χ4n) is 3.04. The molecule has 0 spiro atoms. The number of carbonyl (C=O) groups excluding carboxylic acids is 1. The molecule has 6 heteroatoms. The van der Waals surface area contributed by atoms with Crippen LogP contribution in [0, 0.1) is 5.92 Å². The first-order valence-corrected chi connectivity index (χ1v) is 8.17. The lowest BCUT2D eigenvalue weighted by atomic mass is 9.92. The number of aromatic nitrogens is 2. The molecular formula is C17H24N4O2. The summed E-state index contributed by atoms with van der Waals surface area (Å²) in [6.07, 6.45) is 3.52. The van der Waals surface area contributed by atoms with Crippen molar-refractivity contribution >= 4 is 22.5 Å². The molecule has 1 amide bonds. The summed E-state index contributed by atoms with van der Waals surface area (Å²) in [4.78, 5) is 12.4. The minimum atomic E-state index is -0.496. The highest BCUT2D eigenvalue weighted by atomic mass is 16.5. The summed E-state index contributed by atoms with van der Waals surface area (Å²) in [5.41, 5.74) is 7.89. The van der Waals surface area contributed by atoms with Crippen molar-refractivity contribution in [2.75, 3.05) is 18.5 Å². The third kappa shape index (κ3) is 3.38. The summed E-state index contributed by atoms with van der Waals surface area (Å²) >= 11 is 0. The highest BCUT2D eigenvalue weighted by molar-refractivity contribution is 5.96. The number of nitrogens with zero attached hydrogens (tertiary/aromatic N) is 2. The van der Waals surface area contributed by atoms with Crippen LogP contribution in [0.3, 0.4) is 0 Å². The first-order chi connectivity index (χ1) is 11.1. The summed E-state index contributed by atoms with van der Waals surface area (Å²) in [5, 5.41) is 8.39. The van der Waals surface area contributed by atoms with E-state index in [0.29, 0.717) is 13.2 Å². The number of nitrogens with two attached hydrogens (primary N) is 1. The van der Waals surface area contributed by atoms with E-state index >= 15 is 0 Å². The summed E-state index contributed by atoms with van der Waals surface area (Å²) in [5.74, 6) is 0.0561. The van der Waals surface area contributed by atoms with E-state index in [0.717, 1.165) is 29.4 Å². The van der Waals surface area contributed by atoms with Gasteiger partial charge in [0.15, 0.2) is 0 Å². The van der Waals surface area contributed by atoms with Gasteiger partial charge in [-0.3, -0.25) is 9.48 Å². The molecule has 3 N–H and O–H groups in total. The van der Waals surface area contributed by atoms with E-state index in [1.165, 1.54) is 0 Å². The van der Waals surface area contributed by atoms with Crippen molar-refractivity contribution in [3.05, 3.63) is 24.4 Å². The van der Waals surface area contributed by atoms with E-state index < -0.39 is 6.04 Å². The molecule has 0 aliphatic carbocycles. The fourth-order valence-corrected chi connectivity index (χ4v) is 3.04. The summed E-state index contributed by atoms with van der Waals surface area (Å²) in [6.45, 7) is 5.54. The molecule has 1 aliphatic heterocycles. The third-order valence-corrected chi connectivity index (χ3v) is 4.43. The third-order valence-electron chi connectivity index (χ3n) is 4.43. The molecule has 1 aliphatic rings. The number of rotatable bonds is 4. The predicted molar refractivity (Wildman–Crippen MR) is 90.3 cm³/mol. The van der Waals surface area contributed by atoms with Gasteiger partial charge < -0.3 is 15.8 Å². The Morgan fingerprint density at radius 2 is 2.13 bits per heavy atom. The van der Waals surface area contributed by atoms with Crippen LogP contribution in [0.2, 0.25) is 0 Å². The van der Waals surface area contributed by atoms with E-state index in [1.54, 1.807) is 0 Å². The molecule has 3 rings (SSSR count). The summed E-state index contributed by atoms with van der Waals surface area (Å²) < 4.78 is 7.27. The number of ether oxygens (including phenoxy) is 1. The Labute approximate surface area is 136 Å². The van der Waals surface area contributed by atoms with Gasteiger partial charge in [0.1, 0.15) is 0 Å². The molecule has 0 bridgehead atoms. The van der Waals surface area contributed by atoms with Crippen molar-refractivity contribution < 1.29 is 9.53 Å². The van der Waals surface area contributed by atoms with Crippen LogP contribution in [0.1, 0.15) is 32.7 Å². The number of anilines is 1. The van der Waals surface area contributed by atoms with Crippen LogP contribution in [0.5, 0.6) is 0 Å². The Balaban J connectivity index is 1.75. The first kappa shape index (κ1) is 16.0. The van der Waals surface area contributed by atoms with Gasteiger partial charge >= 0.3 is 0 Å². The first-order valence-electron chi connectivity index (χ1n) is 8.17. The Bertz CT molecular complexity index is 689. The minimum absolute atomic E-state index is 0.133. The Hall–Kier alpha value is -1.92. The van der Waals surface area contributed by atoms with Gasteiger partial charge in [0.2, 0.25) is 5.91 Å². The second-order valence-electron chi connectivity index (χ2n) is 6.42. The largest absolute Gasteiger partial charge is 0.381 e. The van der Waals surface area contributed by atoms with Crippen LogP contribution in [0.15, 0.2) is 24.4 Å². The van der Waals surface area contributed by atoms with Gasteiger partial charge in [-0.05, 0) is 50.8 Å². The number of fused-ring (bicyclic) bond motifs is 1. The second-order valence-corrected chi connectivity index (χ2v) is 6.42. The molecule has 1 aromatic heterocycles. The molecule has 2 aromatic rings. The van der Waals surface area contributed by atoms with Gasteiger partial charge in [0.25, 0.3) is 0 Å². The van der Waals surface area contributed by atoms with E-state index in [1.807, 2.05) is 29.1 Å². The smallest absolute Gasteiger partial charge is 0.241 e. The van der Waals surface area contributed by atoms with Gasteiger partial charge in [-0.1, -0.05) is 0 Å². The lowest BCUT2D eigenvalue weighted by Gasteiger charge is -2.26. The lowest BCUT2D eigenvalue weighted by molar-refractivity contribution is -0.119. The number of hydrogen-bond acceptors (Lipinski definition) is 4. The normalized spacial score (nSPS) is 17.6. The van der Waals surface area contributed by atoms with Crippen LogP contribution in [-0.2, 0) is 9.53 Å². The summed E-state index contributed by atoms with van der Waals surface area (Å²) in [6, 6.07) is 5.59. The van der Waals surface area contributed by atoms with Crippen molar-refractivity contribution in [2.24, 2.45) is 11.7 Å². The number of carbonyl (C=O) groups is 1. The van der Waals surface area contributed by atoms with Crippen LogP contribution in [0.25, 0.3) is 10.9 Å². The van der Waals surface area contributed by atoms with Gasteiger partial charge in [-0.15, -0.1) is 0 Å². The standard InChI is InChI=1S/C17H24N4O2/c1-11(2)21-15-9-14(4-3-13(15)10-19-21)20-17(22)16(18)12-5-7-23-8-6-12/h3-4,9-12,16H,5-8,18H2,1-2H3,(H,20,22). The number of hydrogen-bond donors (Lipinski definition) is 2. The molecule has 1 fully saturated rings. The monoisotopic (exact) mass is 316 g/mol.